The summed E-state index contributed by atoms with van der Waals surface area (Å²) in [4.78, 5) is 8.25. The number of halogens is 1. The van der Waals surface area contributed by atoms with Gasteiger partial charge in [-0.1, -0.05) is 0 Å². The maximum Gasteiger partial charge on any atom is 0.127 e. The Balaban J connectivity index is 2.46. The van der Waals surface area contributed by atoms with Crippen LogP contribution in [0, 0.1) is 6.92 Å². The first-order valence-electron chi connectivity index (χ1n) is 4.93. The van der Waals surface area contributed by atoms with E-state index in [0.29, 0.717) is 13.1 Å². The summed E-state index contributed by atoms with van der Waals surface area (Å²) in [5.41, 5.74) is 8.13. The van der Waals surface area contributed by atoms with E-state index in [9.17, 15) is 0 Å². The summed E-state index contributed by atoms with van der Waals surface area (Å²) >= 11 is 3.52. The Hall–Kier alpha value is -1.27. The molecule has 0 bridgehead atoms. The third-order valence-electron chi connectivity index (χ3n) is 2.28. The van der Waals surface area contributed by atoms with Crippen LogP contribution in [0.1, 0.15) is 5.69 Å². The van der Waals surface area contributed by atoms with E-state index >= 15 is 0 Å². The molecule has 0 aromatic carbocycles. The van der Waals surface area contributed by atoms with Crippen molar-refractivity contribution in [2.45, 2.75) is 13.5 Å². The second-order valence-electron chi connectivity index (χ2n) is 3.35. The fourth-order valence-electron chi connectivity index (χ4n) is 1.45. The topological polar surface area (TPSA) is 69.6 Å². The van der Waals surface area contributed by atoms with Crippen molar-refractivity contribution in [1.82, 2.24) is 19.7 Å². The van der Waals surface area contributed by atoms with Gasteiger partial charge in [-0.05, 0) is 22.9 Å². The van der Waals surface area contributed by atoms with Gasteiger partial charge in [-0.15, -0.1) is 0 Å². The molecule has 2 heterocycles. The van der Waals surface area contributed by atoms with E-state index in [2.05, 4.69) is 31.0 Å². The first-order valence-corrected chi connectivity index (χ1v) is 5.72. The smallest absolute Gasteiger partial charge is 0.127 e. The Morgan fingerprint density at radius 1 is 1.44 bits per heavy atom. The lowest BCUT2D eigenvalue weighted by Crippen LogP contribution is -2.12. The van der Waals surface area contributed by atoms with Crippen molar-refractivity contribution in [1.29, 1.82) is 0 Å². The van der Waals surface area contributed by atoms with Crippen LogP contribution < -0.4 is 5.73 Å². The third-order valence-corrected chi connectivity index (χ3v) is 3.23. The minimum Gasteiger partial charge on any atom is -0.329 e. The molecule has 0 unspecified atom stereocenters. The third kappa shape index (κ3) is 1.98. The predicted molar refractivity (Wildman–Crippen MR) is 64.7 cm³/mol. The van der Waals surface area contributed by atoms with Gasteiger partial charge in [0.25, 0.3) is 0 Å². The molecule has 0 aliphatic rings. The monoisotopic (exact) mass is 281 g/mol. The van der Waals surface area contributed by atoms with Gasteiger partial charge in [0.05, 0.1) is 22.9 Å². The lowest BCUT2D eigenvalue weighted by Gasteiger charge is -1.99. The minimum absolute atomic E-state index is 0.564. The molecule has 0 saturated heterocycles. The molecule has 0 spiro atoms. The number of rotatable bonds is 3. The Morgan fingerprint density at radius 2 is 2.25 bits per heavy atom. The van der Waals surface area contributed by atoms with Gasteiger partial charge in [-0.25, -0.2) is 0 Å². The van der Waals surface area contributed by atoms with Crippen molar-refractivity contribution in [2.75, 3.05) is 6.54 Å². The highest BCUT2D eigenvalue weighted by Crippen LogP contribution is 2.27. The number of hydrogen-bond acceptors (Lipinski definition) is 4. The van der Waals surface area contributed by atoms with Crippen LogP contribution in [0.4, 0.5) is 0 Å². The van der Waals surface area contributed by atoms with E-state index in [1.165, 1.54) is 0 Å². The van der Waals surface area contributed by atoms with Gasteiger partial charge >= 0.3 is 0 Å². The molecule has 0 aliphatic heterocycles. The molecule has 0 atom stereocenters. The number of hydrogen-bond donors (Lipinski definition) is 1. The van der Waals surface area contributed by atoms with Gasteiger partial charge < -0.3 is 5.73 Å². The van der Waals surface area contributed by atoms with Crippen LogP contribution in [0.5, 0.6) is 0 Å². The van der Waals surface area contributed by atoms with E-state index in [-0.39, 0.29) is 0 Å². The molecule has 0 amide bonds. The Bertz CT molecular complexity index is 479. The van der Waals surface area contributed by atoms with E-state index in [4.69, 9.17) is 5.73 Å². The SMILES string of the molecule is Cc1c(Br)c(-c2cnccn2)nn1CCN. The predicted octanol–water partition coefficient (Wildman–Crippen LogP) is 1.37. The lowest BCUT2D eigenvalue weighted by atomic mass is 10.3. The molecule has 0 saturated carbocycles. The summed E-state index contributed by atoms with van der Waals surface area (Å²) in [5, 5.41) is 4.46. The number of nitrogens with two attached hydrogens (primary N) is 1. The second kappa shape index (κ2) is 4.71. The molecule has 0 aliphatic carbocycles. The Morgan fingerprint density at radius 3 is 2.88 bits per heavy atom. The lowest BCUT2D eigenvalue weighted by molar-refractivity contribution is 0.609. The van der Waals surface area contributed by atoms with Crippen molar-refractivity contribution >= 4 is 15.9 Å². The van der Waals surface area contributed by atoms with Gasteiger partial charge in [0.1, 0.15) is 11.4 Å². The molecule has 2 rings (SSSR count). The molecular formula is C10H12BrN5. The summed E-state index contributed by atoms with van der Waals surface area (Å²) in [6, 6.07) is 0. The number of nitrogens with zero attached hydrogens (tertiary/aromatic N) is 4. The molecule has 16 heavy (non-hydrogen) atoms. The van der Waals surface area contributed by atoms with Crippen LogP contribution in [0.2, 0.25) is 0 Å². The fraction of sp³-hybridized carbons (Fsp3) is 0.300. The van der Waals surface area contributed by atoms with E-state index < -0.39 is 0 Å². The van der Waals surface area contributed by atoms with Crippen molar-refractivity contribution in [2.24, 2.45) is 5.73 Å². The zero-order valence-electron chi connectivity index (χ0n) is 8.89. The quantitative estimate of drug-likeness (QED) is 0.923. The maximum atomic E-state index is 5.52. The van der Waals surface area contributed by atoms with Crippen LogP contribution in [-0.4, -0.2) is 26.3 Å². The summed E-state index contributed by atoms with van der Waals surface area (Å²) in [6.45, 7) is 3.26. The normalized spacial score (nSPS) is 10.7. The minimum atomic E-state index is 0.564. The number of aromatic nitrogens is 4. The van der Waals surface area contributed by atoms with Crippen LogP contribution in [0.3, 0.4) is 0 Å². The second-order valence-corrected chi connectivity index (χ2v) is 4.14. The van der Waals surface area contributed by atoms with E-state index in [1.807, 2.05) is 11.6 Å². The maximum absolute atomic E-state index is 5.52. The molecule has 0 radical (unpaired) electrons. The summed E-state index contributed by atoms with van der Waals surface area (Å²) < 4.78 is 2.81. The molecule has 2 aromatic rings. The Labute approximate surface area is 102 Å². The average Bonchev–Trinajstić information content (AvgIpc) is 2.59. The average molecular weight is 282 g/mol. The van der Waals surface area contributed by atoms with Crippen molar-refractivity contribution < 1.29 is 0 Å². The van der Waals surface area contributed by atoms with Gasteiger partial charge in [0.2, 0.25) is 0 Å². The van der Waals surface area contributed by atoms with Gasteiger partial charge in [-0.2, -0.15) is 5.10 Å². The highest BCUT2D eigenvalue weighted by molar-refractivity contribution is 9.10. The van der Waals surface area contributed by atoms with E-state index in [1.54, 1.807) is 18.6 Å². The molecule has 0 fully saturated rings. The molecule has 2 aromatic heterocycles. The molecule has 5 nitrogen and oxygen atoms in total. The molecule has 2 N–H and O–H groups in total. The van der Waals surface area contributed by atoms with Crippen molar-refractivity contribution in [3.63, 3.8) is 0 Å². The molecular weight excluding hydrogens is 270 g/mol. The highest BCUT2D eigenvalue weighted by Gasteiger charge is 2.14. The van der Waals surface area contributed by atoms with E-state index in [0.717, 1.165) is 21.6 Å². The van der Waals surface area contributed by atoms with Crippen LogP contribution in [0.25, 0.3) is 11.4 Å². The highest BCUT2D eigenvalue weighted by atomic mass is 79.9. The van der Waals surface area contributed by atoms with Crippen molar-refractivity contribution in [3.8, 4) is 11.4 Å². The first-order chi connectivity index (χ1) is 7.74. The van der Waals surface area contributed by atoms with Crippen LogP contribution >= 0.6 is 15.9 Å². The first kappa shape index (κ1) is 11.2. The molecule has 84 valence electrons. The largest absolute Gasteiger partial charge is 0.329 e. The van der Waals surface area contributed by atoms with Gasteiger partial charge in [0, 0.05) is 18.9 Å². The fourth-order valence-corrected chi connectivity index (χ4v) is 1.94. The standard InChI is InChI=1S/C10H12BrN5/c1-7-9(11)10(15-16(7)5-2-12)8-6-13-3-4-14-8/h3-4,6H,2,5,12H2,1H3. The Kier molecular flexibility index (Phi) is 3.31. The summed E-state index contributed by atoms with van der Waals surface area (Å²) in [6.07, 6.45) is 4.99. The molecule has 6 heteroatoms. The van der Waals surface area contributed by atoms with Crippen molar-refractivity contribution in [3.05, 3.63) is 28.8 Å². The summed E-state index contributed by atoms with van der Waals surface area (Å²) in [7, 11) is 0. The zero-order valence-corrected chi connectivity index (χ0v) is 10.5. The summed E-state index contributed by atoms with van der Waals surface area (Å²) in [5.74, 6) is 0. The zero-order chi connectivity index (χ0) is 11.5. The van der Waals surface area contributed by atoms with Crippen LogP contribution in [0.15, 0.2) is 23.1 Å². The van der Waals surface area contributed by atoms with Gasteiger partial charge in [0.15, 0.2) is 0 Å². The van der Waals surface area contributed by atoms with Gasteiger partial charge in [-0.3, -0.25) is 14.6 Å². The van der Waals surface area contributed by atoms with Crippen LogP contribution in [-0.2, 0) is 6.54 Å².